The number of hydrogen-bond donors (Lipinski definition) is 0. The molecule has 0 aliphatic heterocycles. The van der Waals surface area contributed by atoms with Crippen molar-refractivity contribution in [1.29, 1.82) is 0 Å². The topological polar surface area (TPSA) is 25.8 Å². The van der Waals surface area contributed by atoms with E-state index in [4.69, 9.17) is 4.98 Å². The van der Waals surface area contributed by atoms with E-state index in [9.17, 15) is 0 Å². The summed E-state index contributed by atoms with van der Waals surface area (Å²) in [5.74, 6) is 0. The van der Waals surface area contributed by atoms with Gasteiger partial charge in [0.05, 0.1) is 20.9 Å². The van der Waals surface area contributed by atoms with Gasteiger partial charge in [0.2, 0.25) is 0 Å². The number of thiazole rings is 2. The van der Waals surface area contributed by atoms with Crippen LogP contribution in [0.5, 0.6) is 0 Å². The Morgan fingerprint density at radius 3 is 2.62 bits per heavy atom. The van der Waals surface area contributed by atoms with Crippen LogP contribution in [-0.4, -0.2) is 9.97 Å². The van der Waals surface area contributed by atoms with Crippen molar-refractivity contribution in [2.75, 3.05) is 0 Å². The van der Waals surface area contributed by atoms with Crippen LogP contribution in [0.1, 0.15) is 5.01 Å². The molecule has 0 saturated carbocycles. The molecule has 2 aromatic carbocycles. The first-order valence-electron chi connectivity index (χ1n) is 6.69. The first kappa shape index (κ1) is 12.7. The number of rotatable bonds is 2. The number of aryl methyl sites for hydroxylation is 1. The largest absolute Gasteiger partial charge is 0.241 e. The van der Waals surface area contributed by atoms with Crippen LogP contribution in [0.3, 0.4) is 0 Å². The van der Waals surface area contributed by atoms with E-state index in [1.54, 1.807) is 22.7 Å². The van der Waals surface area contributed by atoms with Crippen LogP contribution in [-0.2, 0) is 0 Å². The lowest BCUT2D eigenvalue weighted by atomic mass is 10.2. The van der Waals surface area contributed by atoms with Crippen LogP contribution < -0.4 is 0 Å². The summed E-state index contributed by atoms with van der Waals surface area (Å²) < 4.78 is 1.23. The summed E-state index contributed by atoms with van der Waals surface area (Å²) in [5.41, 5.74) is 4.44. The standard InChI is InChI=1S/C17H12N2S2/c1-11-18-14-9-5-8-13(16(14)21-11)17-19-15(10-20-17)12-6-3-2-4-7-12/h2-10H,1H3. The van der Waals surface area contributed by atoms with Gasteiger partial charge in [-0.25, -0.2) is 9.97 Å². The number of hydrogen-bond acceptors (Lipinski definition) is 4. The van der Waals surface area contributed by atoms with Crippen LogP contribution in [0.2, 0.25) is 0 Å². The Morgan fingerprint density at radius 2 is 1.76 bits per heavy atom. The van der Waals surface area contributed by atoms with E-state index in [1.165, 1.54) is 10.3 Å². The smallest absolute Gasteiger partial charge is 0.125 e. The number of aromatic nitrogens is 2. The highest BCUT2D eigenvalue weighted by atomic mass is 32.1. The van der Waals surface area contributed by atoms with E-state index in [2.05, 4.69) is 40.7 Å². The minimum absolute atomic E-state index is 1.04. The normalized spacial score (nSPS) is 11.1. The van der Waals surface area contributed by atoms with Crippen LogP contribution in [0.15, 0.2) is 53.9 Å². The van der Waals surface area contributed by atoms with Crippen molar-refractivity contribution in [3.8, 4) is 21.8 Å². The van der Waals surface area contributed by atoms with Crippen molar-refractivity contribution in [3.05, 3.63) is 58.9 Å². The molecule has 21 heavy (non-hydrogen) atoms. The Labute approximate surface area is 130 Å². The molecule has 102 valence electrons. The maximum absolute atomic E-state index is 4.81. The van der Waals surface area contributed by atoms with E-state index < -0.39 is 0 Å². The van der Waals surface area contributed by atoms with Gasteiger partial charge < -0.3 is 0 Å². The first-order chi connectivity index (χ1) is 10.3. The van der Waals surface area contributed by atoms with Gasteiger partial charge >= 0.3 is 0 Å². The molecular weight excluding hydrogens is 296 g/mol. The van der Waals surface area contributed by atoms with Gasteiger partial charge in [-0.3, -0.25) is 0 Å². The minimum atomic E-state index is 1.04. The molecule has 2 heterocycles. The second-order valence-corrected chi connectivity index (χ2v) is 6.85. The van der Waals surface area contributed by atoms with Crippen molar-refractivity contribution >= 4 is 32.9 Å². The molecule has 0 amide bonds. The molecule has 2 nitrogen and oxygen atoms in total. The molecule has 2 aromatic heterocycles. The number of benzene rings is 2. The van der Waals surface area contributed by atoms with Crippen LogP contribution in [0.25, 0.3) is 32.0 Å². The second-order valence-electron chi connectivity index (χ2n) is 4.79. The van der Waals surface area contributed by atoms with Crippen molar-refractivity contribution in [2.24, 2.45) is 0 Å². The molecule has 0 radical (unpaired) electrons. The molecule has 0 aliphatic carbocycles. The molecule has 0 spiro atoms. The summed E-state index contributed by atoms with van der Waals surface area (Å²) in [6.45, 7) is 2.05. The summed E-state index contributed by atoms with van der Waals surface area (Å²) in [4.78, 5) is 9.37. The third kappa shape index (κ3) is 2.26. The van der Waals surface area contributed by atoms with Crippen molar-refractivity contribution in [2.45, 2.75) is 6.92 Å². The zero-order valence-electron chi connectivity index (χ0n) is 11.4. The van der Waals surface area contributed by atoms with Gasteiger partial charge in [-0.1, -0.05) is 42.5 Å². The quantitative estimate of drug-likeness (QED) is 0.496. The molecule has 0 unspecified atom stereocenters. The van der Waals surface area contributed by atoms with Crippen molar-refractivity contribution < 1.29 is 0 Å². The van der Waals surface area contributed by atoms with Crippen LogP contribution >= 0.6 is 22.7 Å². The minimum Gasteiger partial charge on any atom is -0.241 e. The predicted octanol–water partition coefficient (Wildman–Crippen LogP) is 5.40. The molecular formula is C17H12N2S2. The van der Waals surface area contributed by atoms with E-state index in [1.807, 2.05) is 25.1 Å². The molecule has 0 bridgehead atoms. The average molecular weight is 308 g/mol. The highest BCUT2D eigenvalue weighted by Gasteiger charge is 2.11. The Morgan fingerprint density at radius 1 is 0.905 bits per heavy atom. The van der Waals surface area contributed by atoms with Gasteiger partial charge in [0.1, 0.15) is 5.01 Å². The van der Waals surface area contributed by atoms with Gasteiger partial charge in [-0.2, -0.15) is 0 Å². The molecule has 0 atom stereocenters. The van der Waals surface area contributed by atoms with E-state index >= 15 is 0 Å². The van der Waals surface area contributed by atoms with Gasteiger partial charge in [0.15, 0.2) is 0 Å². The SMILES string of the molecule is Cc1nc2cccc(-c3nc(-c4ccccc4)cs3)c2s1. The fourth-order valence-electron chi connectivity index (χ4n) is 2.37. The monoisotopic (exact) mass is 308 g/mol. The lowest BCUT2D eigenvalue weighted by Gasteiger charge is -1.98. The molecule has 0 aliphatic rings. The molecule has 0 fully saturated rings. The molecule has 4 aromatic rings. The lowest BCUT2D eigenvalue weighted by molar-refractivity contribution is 1.35. The molecule has 0 N–H and O–H groups in total. The van der Waals surface area contributed by atoms with E-state index in [-0.39, 0.29) is 0 Å². The fourth-order valence-corrected chi connectivity index (χ4v) is 4.22. The highest BCUT2D eigenvalue weighted by molar-refractivity contribution is 7.20. The van der Waals surface area contributed by atoms with Crippen LogP contribution in [0, 0.1) is 6.92 Å². The maximum atomic E-state index is 4.81. The summed E-state index contributed by atoms with van der Waals surface area (Å²) in [7, 11) is 0. The summed E-state index contributed by atoms with van der Waals surface area (Å²) >= 11 is 3.42. The third-order valence-electron chi connectivity index (χ3n) is 3.33. The summed E-state index contributed by atoms with van der Waals surface area (Å²) in [5, 5.41) is 4.28. The predicted molar refractivity (Wildman–Crippen MR) is 90.9 cm³/mol. The fraction of sp³-hybridized carbons (Fsp3) is 0.0588. The average Bonchev–Trinajstić information content (AvgIpc) is 3.13. The van der Waals surface area contributed by atoms with Crippen LogP contribution in [0.4, 0.5) is 0 Å². The van der Waals surface area contributed by atoms with Crippen molar-refractivity contribution in [1.82, 2.24) is 9.97 Å². The third-order valence-corrected chi connectivity index (χ3v) is 5.22. The van der Waals surface area contributed by atoms with Gasteiger partial charge in [0, 0.05) is 16.5 Å². The zero-order valence-corrected chi connectivity index (χ0v) is 13.0. The van der Waals surface area contributed by atoms with E-state index in [0.717, 1.165) is 26.8 Å². The Hall–Kier alpha value is -2.04. The highest BCUT2D eigenvalue weighted by Crippen LogP contribution is 2.35. The van der Waals surface area contributed by atoms with Gasteiger partial charge in [-0.15, -0.1) is 22.7 Å². The second kappa shape index (κ2) is 5.06. The first-order valence-corrected chi connectivity index (χ1v) is 8.38. The Kier molecular flexibility index (Phi) is 3.05. The van der Waals surface area contributed by atoms with Crippen molar-refractivity contribution in [3.63, 3.8) is 0 Å². The summed E-state index contributed by atoms with van der Waals surface area (Å²) in [6, 6.07) is 16.6. The van der Waals surface area contributed by atoms with Gasteiger partial charge in [0.25, 0.3) is 0 Å². The van der Waals surface area contributed by atoms with Gasteiger partial charge in [-0.05, 0) is 13.0 Å². The Balaban J connectivity index is 1.85. The molecule has 4 rings (SSSR count). The maximum Gasteiger partial charge on any atom is 0.125 e. The Bertz CT molecular complexity index is 907. The number of fused-ring (bicyclic) bond motifs is 1. The lowest BCUT2D eigenvalue weighted by Crippen LogP contribution is -1.79. The molecule has 4 heteroatoms. The number of nitrogens with zero attached hydrogens (tertiary/aromatic N) is 2. The summed E-state index contributed by atoms with van der Waals surface area (Å²) in [6.07, 6.45) is 0. The van der Waals surface area contributed by atoms with E-state index in [0.29, 0.717) is 0 Å². The molecule has 0 saturated heterocycles. The zero-order chi connectivity index (χ0) is 14.2.